The van der Waals surface area contributed by atoms with Crippen LogP contribution in [0.5, 0.6) is 5.75 Å². The molecule has 0 saturated carbocycles. The Morgan fingerprint density at radius 1 is 1.39 bits per heavy atom. The van der Waals surface area contributed by atoms with Crippen LogP contribution in [0, 0.1) is 0 Å². The summed E-state index contributed by atoms with van der Waals surface area (Å²) in [5.41, 5.74) is 1.04. The third kappa shape index (κ3) is 5.65. The molecule has 5 nitrogen and oxygen atoms in total. The van der Waals surface area contributed by atoms with Gasteiger partial charge in [-0.3, -0.25) is 4.79 Å². The molecule has 0 aromatic heterocycles. The van der Waals surface area contributed by atoms with E-state index < -0.39 is 0 Å². The van der Waals surface area contributed by atoms with E-state index in [1.807, 2.05) is 29.6 Å². The van der Waals surface area contributed by atoms with Gasteiger partial charge in [-0.05, 0) is 17.7 Å². The summed E-state index contributed by atoms with van der Waals surface area (Å²) < 4.78 is 5.06. The molecule has 1 aromatic rings. The van der Waals surface area contributed by atoms with E-state index in [0.29, 0.717) is 19.5 Å². The maximum absolute atomic E-state index is 11.5. The standard InChI is InChI=1S/C13H20N2O3/c1-18-12-5-3-11(4-6-12)9-15-13(17)10-14-7-2-8-16/h3-6,14,16H,2,7-10H2,1H3,(H,15,17)/p+1. The van der Waals surface area contributed by atoms with Crippen LogP contribution < -0.4 is 15.4 Å². The van der Waals surface area contributed by atoms with E-state index >= 15 is 0 Å². The Hall–Kier alpha value is -1.59. The van der Waals surface area contributed by atoms with E-state index in [-0.39, 0.29) is 12.5 Å². The van der Waals surface area contributed by atoms with Crippen molar-refractivity contribution in [3.8, 4) is 5.75 Å². The molecule has 0 aliphatic heterocycles. The van der Waals surface area contributed by atoms with E-state index in [2.05, 4.69) is 5.32 Å². The molecule has 0 aliphatic carbocycles. The lowest BCUT2D eigenvalue weighted by Gasteiger charge is -2.05. The topological polar surface area (TPSA) is 75.2 Å². The minimum Gasteiger partial charge on any atom is -0.497 e. The first kappa shape index (κ1) is 14.5. The summed E-state index contributed by atoms with van der Waals surface area (Å²) in [5, 5.41) is 13.3. The number of hydrogen-bond acceptors (Lipinski definition) is 3. The van der Waals surface area contributed by atoms with Crippen molar-refractivity contribution in [2.45, 2.75) is 13.0 Å². The minimum atomic E-state index is 0.00348. The van der Waals surface area contributed by atoms with Crippen molar-refractivity contribution < 1.29 is 20.0 Å². The lowest BCUT2D eigenvalue weighted by Crippen LogP contribution is -2.86. The maximum atomic E-state index is 11.5. The van der Waals surface area contributed by atoms with Crippen LogP contribution in [0.15, 0.2) is 24.3 Å². The predicted octanol–water partition coefficient (Wildman–Crippen LogP) is -0.743. The van der Waals surface area contributed by atoms with Gasteiger partial charge in [0.2, 0.25) is 0 Å². The van der Waals surface area contributed by atoms with Crippen LogP contribution in [-0.4, -0.2) is 37.8 Å². The molecule has 1 aromatic carbocycles. The van der Waals surface area contributed by atoms with Crippen LogP contribution in [0.2, 0.25) is 0 Å². The molecule has 0 fully saturated rings. The number of ether oxygens (including phenoxy) is 1. The van der Waals surface area contributed by atoms with Gasteiger partial charge in [0.15, 0.2) is 6.54 Å². The Morgan fingerprint density at radius 2 is 2.11 bits per heavy atom. The van der Waals surface area contributed by atoms with Crippen molar-refractivity contribution in [1.29, 1.82) is 0 Å². The second-order valence-electron chi connectivity index (χ2n) is 3.98. The third-order valence-electron chi connectivity index (χ3n) is 2.54. The molecule has 0 unspecified atom stereocenters. The highest BCUT2D eigenvalue weighted by molar-refractivity contribution is 5.76. The molecule has 100 valence electrons. The van der Waals surface area contributed by atoms with Gasteiger partial charge in [-0.25, -0.2) is 0 Å². The van der Waals surface area contributed by atoms with Crippen LogP contribution in [0.3, 0.4) is 0 Å². The fourth-order valence-electron chi connectivity index (χ4n) is 1.48. The maximum Gasteiger partial charge on any atom is 0.275 e. The highest BCUT2D eigenvalue weighted by Crippen LogP contribution is 2.10. The molecule has 0 atom stereocenters. The number of benzene rings is 1. The molecule has 1 rings (SSSR count). The number of carbonyl (C=O) groups excluding carboxylic acids is 1. The largest absolute Gasteiger partial charge is 0.497 e. The molecule has 1 amide bonds. The first-order chi connectivity index (χ1) is 8.76. The molecule has 0 heterocycles. The van der Waals surface area contributed by atoms with Crippen molar-refractivity contribution in [3.63, 3.8) is 0 Å². The summed E-state index contributed by atoms with van der Waals surface area (Å²) in [5.74, 6) is 0.811. The fourth-order valence-corrected chi connectivity index (χ4v) is 1.48. The second kappa shape index (κ2) is 8.49. The zero-order valence-corrected chi connectivity index (χ0v) is 10.7. The molecule has 0 spiro atoms. The Balaban J connectivity index is 2.20. The Bertz CT molecular complexity index is 352. The normalized spacial score (nSPS) is 10.1. The molecule has 4 N–H and O–H groups in total. The Morgan fingerprint density at radius 3 is 2.72 bits per heavy atom. The van der Waals surface area contributed by atoms with Crippen LogP contribution in [-0.2, 0) is 11.3 Å². The van der Waals surface area contributed by atoms with Crippen LogP contribution in [0.1, 0.15) is 12.0 Å². The van der Waals surface area contributed by atoms with Gasteiger partial charge in [-0.1, -0.05) is 12.1 Å². The van der Waals surface area contributed by atoms with Crippen molar-refractivity contribution in [2.24, 2.45) is 0 Å². The van der Waals surface area contributed by atoms with Crippen molar-refractivity contribution in [3.05, 3.63) is 29.8 Å². The van der Waals surface area contributed by atoms with E-state index in [9.17, 15) is 4.79 Å². The predicted molar refractivity (Wildman–Crippen MR) is 68.2 cm³/mol. The summed E-state index contributed by atoms with van der Waals surface area (Å²) in [7, 11) is 1.62. The molecular formula is C13H21N2O3+. The molecule has 18 heavy (non-hydrogen) atoms. The number of aliphatic hydroxyl groups excluding tert-OH is 1. The smallest absolute Gasteiger partial charge is 0.275 e. The zero-order chi connectivity index (χ0) is 13.2. The number of quaternary nitrogens is 1. The second-order valence-corrected chi connectivity index (χ2v) is 3.98. The average molecular weight is 253 g/mol. The summed E-state index contributed by atoms with van der Waals surface area (Å²) in [6.45, 7) is 1.86. The number of nitrogens with one attached hydrogen (secondary N) is 1. The molecule has 5 heteroatoms. The van der Waals surface area contributed by atoms with Gasteiger partial charge < -0.3 is 20.5 Å². The Labute approximate surface area is 107 Å². The molecule has 0 radical (unpaired) electrons. The fraction of sp³-hybridized carbons (Fsp3) is 0.462. The van der Waals surface area contributed by atoms with E-state index in [1.54, 1.807) is 7.11 Å². The van der Waals surface area contributed by atoms with Crippen molar-refractivity contribution >= 4 is 5.91 Å². The van der Waals surface area contributed by atoms with Gasteiger partial charge in [-0.2, -0.15) is 0 Å². The number of methoxy groups -OCH3 is 1. The van der Waals surface area contributed by atoms with E-state index in [1.165, 1.54) is 0 Å². The van der Waals surface area contributed by atoms with Crippen molar-refractivity contribution in [2.75, 3.05) is 26.8 Å². The number of rotatable bonds is 8. The average Bonchev–Trinajstić information content (AvgIpc) is 2.42. The first-order valence-electron chi connectivity index (χ1n) is 6.08. The monoisotopic (exact) mass is 253 g/mol. The van der Waals surface area contributed by atoms with Gasteiger partial charge in [0, 0.05) is 19.6 Å². The van der Waals surface area contributed by atoms with Gasteiger partial charge >= 0.3 is 0 Å². The van der Waals surface area contributed by atoms with Gasteiger partial charge in [-0.15, -0.1) is 0 Å². The highest BCUT2D eigenvalue weighted by atomic mass is 16.5. The Kier molecular flexibility index (Phi) is 6.83. The highest BCUT2D eigenvalue weighted by Gasteiger charge is 2.03. The zero-order valence-electron chi connectivity index (χ0n) is 10.7. The molecular weight excluding hydrogens is 232 g/mol. The van der Waals surface area contributed by atoms with Crippen LogP contribution in [0.4, 0.5) is 0 Å². The van der Waals surface area contributed by atoms with Crippen LogP contribution >= 0.6 is 0 Å². The number of carbonyl (C=O) groups is 1. The van der Waals surface area contributed by atoms with E-state index in [0.717, 1.165) is 17.9 Å². The first-order valence-corrected chi connectivity index (χ1v) is 6.08. The SMILES string of the molecule is COc1ccc(CNC(=O)C[NH2+]CCCO)cc1. The lowest BCUT2D eigenvalue weighted by atomic mass is 10.2. The minimum absolute atomic E-state index is 0.00348. The summed E-state index contributed by atoms with van der Waals surface area (Å²) in [6, 6.07) is 7.59. The summed E-state index contributed by atoms with van der Waals surface area (Å²) in [4.78, 5) is 11.5. The van der Waals surface area contributed by atoms with Crippen LogP contribution in [0.25, 0.3) is 0 Å². The van der Waals surface area contributed by atoms with Gasteiger partial charge in [0.05, 0.1) is 13.7 Å². The number of amides is 1. The summed E-state index contributed by atoms with van der Waals surface area (Å²) >= 11 is 0. The van der Waals surface area contributed by atoms with Gasteiger partial charge in [0.1, 0.15) is 5.75 Å². The number of hydrogen-bond donors (Lipinski definition) is 3. The third-order valence-corrected chi connectivity index (χ3v) is 2.54. The quantitative estimate of drug-likeness (QED) is 0.534. The molecule has 0 saturated heterocycles. The lowest BCUT2D eigenvalue weighted by molar-refractivity contribution is -0.644. The molecule has 0 bridgehead atoms. The van der Waals surface area contributed by atoms with Crippen molar-refractivity contribution in [1.82, 2.24) is 5.32 Å². The summed E-state index contributed by atoms with van der Waals surface area (Å²) in [6.07, 6.45) is 0.714. The number of nitrogens with two attached hydrogens (primary N) is 1. The molecule has 0 aliphatic rings. The van der Waals surface area contributed by atoms with E-state index in [4.69, 9.17) is 9.84 Å². The van der Waals surface area contributed by atoms with Gasteiger partial charge in [0.25, 0.3) is 5.91 Å². The number of aliphatic hydroxyl groups is 1.